The third-order valence-corrected chi connectivity index (χ3v) is 3.89. The van der Waals surface area contributed by atoms with Gasteiger partial charge in [0.15, 0.2) is 0 Å². The molecule has 1 fully saturated rings. The van der Waals surface area contributed by atoms with Crippen LogP contribution < -0.4 is 10.2 Å². The molecule has 0 aromatic heterocycles. The SMILES string of the molecule is CN(c1cc(Br)ccc1F)C1CNC(C)(C)C1. The van der Waals surface area contributed by atoms with E-state index in [1.165, 1.54) is 6.07 Å². The fourth-order valence-electron chi connectivity index (χ4n) is 2.35. The minimum Gasteiger partial charge on any atom is -0.368 e. The first-order chi connectivity index (χ1) is 7.89. The summed E-state index contributed by atoms with van der Waals surface area (Å²) in [6.07, 6.45) is 1.02. The van der Waals surface area contributed by atoms with E-state index in [1.54, 1.807) is 6.07 Å². The van der Waals surface area contributed by atoms with Crippen LogP contribution in [0.25, 0.3) is 0 Å². The average Bonchev–Trinajstić information content (AvgIpc) is 2.61. The van der Waals surface area contributed by atoms with E-state index in [-0.39, 0.29) is 11.4 Å². The highest BCUT2D eigenvalue weighted by atomic mass is 79.9. The van der Waals surface area contributed by atoms with Crippen molar-refractivity contribution in [2.24, 2.45) is 0 Å². The lowest BCUT2D eigenvalue weighted by Gasteiger charge is -2.27. The standard InChI is InChI=1S/C13H18BrFN2/c1-13(2)7-10(8-16-13)17(3)12-6-9(14)4-5-11(12)15/h4-6,10,16H,7-8H2,1-3H3. The molecule has 0 aliphatic carbocycles. The maximum atomic E-state index is 13.8. The van der Waals surface area contributed by atoms with Gasteiger partial charge in [-0.25, -0.2) is 4.39 Å². The smallest absolute Gasteiger partial charge is 0.146 e. The highest BCUT2D eigenvalue weighted by molar-refractivity contribution is 9.10. The van der Waals surface area contributed by atoms with Gasteiger partial charge in [-0.15, -0.1) is 0 Å². The van der Waals surface area contributed by atoms with Crippen molar-refractivity contribution < 1.29 is 4.39 Å². The van der Waals surface area contributed by atoms with Crippen LogP contribution >= 0.6 is 15.9 Å². The number of nitrogens with zero attached hydrogens (tertiary/aromatic N) is 1. The Balaban J connectivity index is 2.20. The van der Waals surface area contributed by atoms with Crippen LogP contribution in [0.4, 0.5) is 10.1 Å². The Morgan fingerprint density at radius 1 is 1.47 bits per heavy atom. The summed E-state index contributed by atoms with van der Waals surface area (Å²) in [4.78, 5) is 2.03. The van der Waals surface area contributed by atoms with Crippen molar-refractivity contribution in [3.63, 3.8) is 0 Å². The fourth-order valence-corrected chi connectivity index (χ4v) is 2.70. The van der Waals surface area contributed by atoms with Gasteiger partial charge in [-0.05, 0) is 38.5 Å². The number of nitrogens with one attached hydrogen (secondary N) is 1. The van der Waals surface area contributed by atoms with Crippen molar-refractivity contribution in [1.29, 1.82) is 0 Å². The molecule has 1 saturated heterocycles. The van der Waals surface area contributed by atoms with Gasteiger partial charge in [-0.3, -0.25) is 0 Å². The minimum absolute atomic E-state index is 0.140. The van der Waals surface area contributed by atoms with E-state index in [2.05, 4.69) is 35.1 Å². The number of hydrogen-bond acceptors (Lipinski definition) is 2. The van der Waals surface area contributed by atoms with Crippen molar-refractivity contribution in [2.75, 3.05) is 18.5 Å². The Kier molecular flexibility index (Phi) is 3.46. The van der Waals surface area contributed by atoms with Crippen LogP contribution in [0.3, 0.4) is 0 Å². The van der Waals surface area contributed by atoms with Crippen molar-refractivity contribution in [3.8, 4) is 0 Å². The second kappa shape index (κ2) is 4.58. The minimum atomic E-state index is -0.166. The molecule has 0 spiro atoms. The molecule has 4 heteroatoms. The lowest BCUT2D eigenvalue weighted by molar-refractivity contribution is 0.453. The van der Waals surface area contributed by atoms with E-state index >= 15 is 0 Å². The summed E-state index contributed by atoms with van der Waals surface area (Å²) in [5.74, 6) is -0.166. The quantitative estimate of drug-likeness (QED) is 0.902. The number of rotatable bonds is 2. The van der Waals surface area contributed by atoms with E-state index < -0.39 is 0 Å². The lowest BCUT2D eigenvalue weighted by Crippen LogP contribution is -2.33. The Morgan fingerprint density at radius 2 is 2.18 bits per heavy atom. The molecule has 0 amide bonds. The van der Waals surface area contributed by atoms with Crippen LogP contribution in [-0.2, 0) is 0 Å². The van der Waals surface area contributed by atoms with Gasteiger partial charge >= 0.3 is 0 Å². The number of anilines is 1. The Hall–Kier alpha value is -0.610. The van der Waals surface area contributed by atoms with Crippen LogP contribution in [0.15, 0.2) is 22.7 Å². The van der Waals surface area contributed by atoms with Gasteiger partial charge in [0, 0.05) is 29.6 Å². The van der Waals surface area contributed by atoms with Crippen LogP contribution in [0, 0.1) is 5.82 Å². The number of benzene rings is 1. The monoisotopic (exact) mass is 300 g/mol. The second-order valence-corrected chi connectivity index (χ2v) is 6.25. The second-order valence-electron chi connectivity index (χ2n) is 5.33. The van der Waals surface area contributed by atoms with Gasteiger partial charge < -0.3 is 10.2 Å². The van der Waals surface area contributed by atoms with E-state index in [0.717, 1.165) is 17.4 Å². The van der Waals surface area contributed by atoms with Crippen LogP contribution in [0.1, 0.15) is 20.3 Å². The molecule has 1 aliphatic heterocycles. The predicted molar refractivity (Wildman–Crippen MR) is 73.0 cm³/mol. The van der Waals surface area contributed by atoms with E-state index in [4.69, 9.17) is 0 Å². The van der Waals surface area contributed by atoms with Crippen LogP contribution in [0.5, 0.6) is 0 Å². The first-order valence-electron chi connectivity index (χ1n) is 5.82. The van der Waals surface area contributed by atoms with E-state index in [9.17, 15) is 4.39 Å². The fraction of sp³-hybridized carbons (Fsp3) is 0.538. The Morgan fingerprint density at radius 3 is 2.76 bits per heavy atom. The molecule has 1 atom stereocenters. The van der Waals surface area contributed by atoms with E-state index in [1.807, 2.05) is 18.0 Å². The summed E-state index contributed by atoms with van der Waals surface area (Å²) >= 11 is 3.39. The molecular weight excluding hydrogens is 283 g/mol. The van der Waals surface area contributed by atoms with Gasteiger partial charge in [0.1, 0.15) is 5.82 Å². The molecule has 2 nitrogen and oxygen atoms in total. The first-order valence-corrected chi connectivity index (χ1v) is 6.61. The third kappa shape index (κ3) is 2.80. The van der Waals surface area contributed by atoms with Crippen molar-refractivity contribution in [1.82, 2.24) is 5.32 Å². The summed E-state index contributed by atoms with van der Waals surface area (Å²) in [7, 11) is 1.96. The number of halogens is 2. The molecule has 0 saturated carbocycles. The highest BCUT2D eigenvalue weighted by Gasteiger charge is 2.33. The topological polar surface area (TPSA) is 15.3 Å². The predicted octanol–water partition coefficient (Wildman–Crippen LogP) is 3.16. The molecule has 1 N–H and O–H groups in total. The molecule has 1 aromatic carbocycles. The molecule has 1 aromatic rings. The average molecular weight is 301 g/mol. The molecule has 2 rings (SSSR count). The maximum Gasteiger partial charge on any atom is 0.146 e. The van der Waals surface area contributed by atoms with Crippen LogP contribution in [-0.4, -0.2) is 25.2 Å². The number of hydrogen-bond donors (Lipinski definition) is 1. The number of likely N-dealkylation sites (N-methyl/N-ethyl adjacent to an activating group) is 1. The highest BCUT2D eigenvalue weighted by Crippen LogP contribution is 2.29. The van der Waals surface area contributed by atoms with Gasteiger partial charge in [-0.1, -0.05) is 15.9 Å². The van der Waals surface area contributed by atoms with Gasteiger partial charge in [0.05, 0.1) is 5.69 Å². The molecule has 1 heterocycles. The zero-order valence-corrected chi connectivity index (χ0v) is 12.0. The zero-order chi connectivity index (χ0) is 12.6. The van der Waals surface area contributed by atoms with Crippen LogP contribution in [0.2, 0.25) is 0 Å². The Labute approximate surface area is 110 Å². The molecule has 0 bridgehead atoms. The summed E-state index contributed by atoms with van der Waals surface area (Å²) in [5.41, 5.74) is 0.797. The third-order valence-electron chi connectivity index (χ3n) is 3.40. The molecule has 94 valence electrons. The summed E-state index contributed by atoms with van der Waals surface area (Å²) < 4.78 is 14.7. The molecular formula is C13H18BrFN2. The van der Waals surface area contributed by atoms with Crippen molar-refractivity contribution in [3.05, 3.63) is 28.5 Å². The maximum absolute atomic E-state index is 13.8. The molecule has 1 unspecified atom stereocenters. The largest absolute Gasteiger partial charge is 0.368 e. The van der Waals surface area contributed by atoms with Gasteiger partial charge in [-0.2, -0.15) is 0 Å². The molecule has 0 radical (unpaired) electrons. The zero-order valence-electron chi connectivity index (χ0n) is 10.4. The molecule has 1 aliphatic rings. The normalized spacial score (nSPS) is 22.8. The summed E-state index contributed by atoms with van der Waals surface area (Å²) in [6, 6.07) is 5.40. The molecule has 17 heavy (non-hydrogen) atoms. The Bertz CT molecular complexity index is 420. The lowest BCUT2D eigenvalue weighted by atomic mass is 10.0. The van der Waals surface area contributed by atoms with Gasteiger partial charge in [0.25, 0.3) is 0 Å². The first kappa shape index (κ1) is 12.8. The summed E-state index contributed by atoms with van der Waals surface area (Å²) in [6.45, 7) is 5.26. The van der Waals surface area contributed by atoms with Crippen molar-refractivity contribution >= 4 is 21.6 Å². The van der Waals surface area contributed by atoms with Crippen molar-refractivity contribution in [2.45, 2.75) is 31.8 Å². The van der Waals surface area contributed by atoms with Gasteiger partial charge in [0.2, 0.25) is 0 Å². The van der Waals surface area contributed by atoms with E-state index in [0.29, 0.717) is 11.7 Å². The summed E-state index contributed by atoms with van der Waals surface area (Å²) in [5, 5.41) is 3.45.